The molecule has 0 amide bonds. The van der Waals surface area contributed by atoms with Crippen LogP contribution < -0.4 is 11.3 Å². The van der Waals surface area contributed by atoms with Crippen molar-refractivity contribution in [3.05, 3.63) is 16.6 Å². The SMILES string of the molecule is COCC(Cc1cncs1)NN. The van der Waals surface area contributed by atoms with E-state index in [1.165, 1.54) is 4.88 Å². The Balaban J connectivity index is 2.37. The van der Waals surface area contributed by atoms with Gasteiger partial charge in [0.25, 0.3) is 0 Å². The highest BCUT2D eigenvalue weighted by atomic mass is 32.1. The quantitative estimate of drug-likeness (QED) is 0.509. The topological polar surface area (TPSA) is 60.2 Å². The molecule has 0 aliphatic rings. The van der Waals surface area contributed by atoms with E-state index in [2.05, 4.69) is 10.4 Å². The molecule has 1 unspecified atom stereocenters. The molecular formula is C7H13N3OS. The lowest BCUT2D eigenvalue weighted by Gasteiger charge is -2.12. The maximum Gasteiger partial charge on any atom is 0.0794 e. The Morgan fingerprint density at radius 2 is 2.67 bits per heavy atom. The molecule has 5 heteroatoms. The number of hydrogen-bond acceptors (Lipinski definition) is 5. The van der Waals surface area contributed by atoms with Gasteiger partial charge in [-0.2, -0.15) is 0 Å². The van der Waals surface area contributed by atoms with E-state index in [0.29, 0.717) is 6.61 Å². The van der Waals surface area contributed by atoms with Crippen LogP contribution in [0, 0.1) is 0 Å². The van der Waals surface area contributed by atoms with Gasteiger partial charge in [0, 0.05) is 30.6 Å². The number of aromatic nitrogens is 1. The van der Waals surface area contributed by atoms with Crippen molar-refractivity contribution in [3.8, 4) is 0 Å². The molecule has 68 valence electrons. The largest absolute Gasteiger partial charge is 0.383 e. The average molecular weight is 187 g/mol. The van der Waals surface area contributed by atoms with E-state index in [4.69, 9.17) is 10.6 Å². The van der Waals surface area contributed by atoms with Crippen molar-refractivity contribution < 1.29 is 4.74 Å². The Morgan fingerprint density at radius 3 is 3.17 bits per heavy atom. The van der Waals surface area contributed by atoms with Gasteiger partial charge in [0.1, 0.15) is 0 Å². The van der Waals surface area contributed by atoms with Gasteiger partial charge in [-0.15, -0.1) is 11.3 Å². The summed E-state index contributed by atoms with van der Waals surface area (Å²) in [6.07, 6.45) is 2.72. The molecule has 0 fully saturated rings. The number of hydrogen-bond donors (Lipinski definition) is 2. The molecule has 0 spiro atoms. The molecule has 12 heavy (non-hydrogen) atoms. The van der Waals surface area contributed by atoms with Crippen molar-refractivity contribution in [2.24, 2.45) is 5.84 Å². The van der Waals surface area contributed by atoms with Crippen LogP contribution >= 0.6 is 11.3 Å². The van der Waals surface area contributed by atoms with Crippen LogP contribution in [0.1, 0.15) is 4.88 Å². The lowest BCUT2D eigenvalue weighted by Crippen LogP contribution is -2.39. The van der Waals surface area contributed by atoms with Crippen LogP contribution in [0.4, 0.5) is 0 Å². The molecule has 0 aliphatic carbocycles. The van der Waals surface area contributed by atoms with Crippen molar-refractivity contribution in [2.45, 2.75) is 12.5 Å². The van der Waals surface area contributed by atoms with Gasteiger partial charge in [-0.25, -0.2) is 0 Å². The minimum absolute atomic E-state index is 0.176. The summed E-state index contributed by atoms with van der Waals surface area (Å²) in [5, 5.41) is 0. The minimum Gasteiger partial charge on any atom is -0.383 e. The molecule has 4 nitrogen and oxygen atoms in total. The summed E-state index contributed by atoms with van der Waals surface area (Å²) >= 11 is 1.63. The zero-order valence-corrected chi connectivity index (χ0v) is 7.80. The van der Waals surface area contributed by atoms with Crippen LogP contribution in [0.2, 0.25) is 0 Å². The molecule has 1 aromatic heterocycles. The highest BCUT2D eigenvalue weighted by molar-refractivity contribution is 7.09. The van der Waals surface area contributed by atoms with Gasteiger partial charge in [-0.1, -0.05) is 0 Å². The molecule has 1 rings (SSSR count). The van der Waals surface area contributed by atoms with E-state index in [9.17, 15) is 0 Å². The van der Waals surface area contributed by atoms with E-state index in [-0.39, 0.29) is 6.04 Å². The fraction of sp³-hybridized carbons (Fsp3) is 0.571. The Kier molecular flexibility index (Phi) is 4.16. The highest BCUT2D eigenvalue weighted by Crippen LogP contribution is 2.08. The molecular weight excluding hydrogens is 174 g/mol. The number of thiazole rings is 1. The molecule has 0 saturated carbocycles. The Labute approximate surface area is 75.7 Å². The van der Waals surface area contributed by atoms with Crippen LogP contribution in [-0.4, -0.2) is 24.7 Å². The standard InChI is InChI=1S/C7H13N3OS/c1-11-4-6(10-8)2-7-3-9-5-12-7/h3,5-6,10H,2,4,8H2,1H3. The van der Waals surface area contributed by atoms with Crippen LogP contribution in [-0.2, 0) is 11.2 Å². The maximum atomic E-state index is 5.33. The normalized spacial score (nSPS) is 13.2. The summed E-state index contributed by atoms with van der Waals surface area (Å²) < 4.78 is 4.99. The number of nitrogens with two attached hydrogens (primary N) is 1. The van der Waals surface area contributed by atoms with Crippen molar-refractivity contribution in [3.63, 3.8) is 0 Å². The molecule has 0 saturated heterocycles. The van der Waals surface area contributed by atoms with Gasteiger partial charge < -0.3 is 4.74 Å². The Morgan fingerprint density at radius 1 is 1.83 bits per heavy atom. The van der Waals surface area contributed by atoms with Crippen molar-refractivity contribution >= 4 is 11.3 Å². The van der Waals surface area contributed by atoms with Crippen LogP contribution in [0.15, 0.2) is 11.7 Å². The smallest absolute Gasteiger partial charge is 0.0794 e. The van der Waals surface area contributed by atoms with Gasteiger partial charge >= 0.3 is 0 Å². The fourth-order valence-electron chi connectivity index (χ4n) is 0.953. The molecule has 0 bridgehead atoms. The van der Waals surface area contributed by atoms with Crippen LogP contribution in [0.3, 0.4) is 0 Å². The third-order valence-corrected chi connectivity index (χ3v) is 2.34. The monoisotopic (exact) mass is 187 g/mol. The van der Waals surface area contributed by atoms with Gasteiger partial charge in [-0.05, 0) is 0 Å². The summed E-state index contributed by atoms with van der Waals surface area (Å²) in [5.41, 5.74) is 4.51. The first-order chi connectivity index (χ1) is 5.86. The van der Waals surface area contributed by atoms with Crippen molar-refractivity contribution in [1.29, 1.82) is 0 Å². The predicted octanol–water partition coefficient (Wildman–Crippen LogP) is 0.164. The van der Waals surface area contributed by atoms with Crippen LogP contribution in [0.25, 0.3) is 0 Å². The second kappa shape index (κ2) is 5.21. The van der Waals surface area contributed by atoms with Crippen LogP contribution in [0.5, 0.6) is 0 Å². The molecule has 1 aromatic rings. The number of ether oxygens (including phenoxy) is 1. The Hall–Kier alpha value is -0.490. The third-order valence-electron chi connectivity index (χ3n) is 1.53. The zero-order valence-electron chi connectivity index (χ0n) is 6.99. The van der Waals surface area contributed by atoms with E-state index >= 15 is 0 Å². The number of rotatable bonds is 5. The van der Waals surface area contributed by atoms with Gasteiger partial charge in [-0.3, -0.25) is 16.3 Å². The molecule has 1 heterocycles. The van der Waals surface area contributed by atoms with E-state index < -0.39 is 0 Å². The molecule has 0 aromatic carbocycles. The molecule has 0 aliphatic heterocycles. The minimum atomic E-state index is 0.176. The second-order valence-corrected chi connectivity index (χ2v) is 3.46. The van der Waals surface area contributed by atoms with E-state index in [1.54, 1.807) is 18.4 Å². The van der Waals surface area contributed by atoms with Crippen molar-refractivity contribution in [2.75, 3.05) is 13.7 Å². The second-order valence-electron chi connectivity index (χ2n) is 2.49. The zero-order chi connectivity index (χ0) is 8.81. The lowest BCUT2D eigenvalue weighted by molar-refractivity contribution is 0.166. The predicted molar refractivity (Wildman–Crippen MR) is 48.8 cm³/mol. The molecule has 1 atom stereocenters. The molecule has 0 radical (unpaired) electrons. The summed E-state index contributed by atoms with van der Waals surface area (Å²) in [6.45, 7) is 0.619. The summed E-state index contributed by atoms with van der Waals surface area (Å²) in [4.78, 5) is 5.20. The number of methoxy groups -OCH3 is 1. The number of nitrogens with zero attached hydrogens (tertiary/aromatic N) is 1. The Bertz CT molecular complexity index is 202. The summed E-state index contributed by atoms with van der Waals surface area (Å²) in [6, 6.07) is 0.176. The summed E-state index contributed by atoms with van der Waals surface area (Å²) in [5.74, 6) is 5.33. The maximum absolute atomic E-state index is 5.33. The van der Waals surface area contributed by atoms with E-state index in [1.807, 2.05) is 11.7 Å². The number of hydrazine groups is 1. The first kappa shape index (κ1) is 9.60. The lowest BCUT2D eigenvalue weighted by atomic mass is 10.2. The van der Waals surface area contributed by atoms with E-state index in [0.717, 1.165) is 6.42 Å². The summed E-state index contributed by atoms with van der Waals surface area (Å²) in [7, 11) is 1.66. The molecule has 3 N–H and O–H groups in total. The van der Waals surface area contributed by atoms with Gasteiger partial charge in [0.2, 0.25) is 0 Å². The third kappa shape index (κ3) is 2.86. The fourth-order valence-corrected chi connectivity index (χ4v) is 1.63. The van der Waals surface area contributed by atoms with Gasteiger partial charge in [0.15, 0.2) is 0 Å². The first-order valence-electron chi connectivity index (χ1n) is 3.69. The first-order valence-corrected chi connectivity index (χ1v) is 4.57. The number of nitrogens with one attached hydrogen (secondary N) is 1. The van der Waals surface area contributed by atoms with Gasteiger partial charge in [0.05, 0.1) is 12.1 Å². The highest BCUT2D eigenvalue weighted by Gasteiger charge is 2.07. The van der Waals surface area contributed by atoms with Crippen molar-refractivity contribution in [1.82, 2.24) is 10.4 Å². The average Bonchev–Trinajstić information content (AvgIpc) is 2.56.